The van der Waals surface area contributed by atoms with Gasteiger partial charge in [-0.3, -0.25) is 0 Å². The third-order valence-corrected chi connectivity index (χ3v) is 2.23. The molecule has 0 bridgehead atoms. The second kappa shape index (κ2) is 2.62. The summed E-state index contributed by atoms with van der Waals surface area (Å²) in [5, 5.41) is 0. The van der Waals surface area contributed by atoms with Gasteiger partial charge in [0.25, 0.3) is 0 Å². The van der Waals surface area contributed by atoms with Gasteiger partial charge in [-0.25, -0.2) is 9.97 Å². The number of nitrogens with two attached hydrogens (primary N) is 1. The van der Waals surface area contributed by atoms with Crippen LogP contribution < -0.4 is 10.6 Å². The molecule has 4 heteroatoms. The largest absolute Gasteiger partial charge is 0.396 e. The lowest BCUT2D eigenvalue weighted by atomic mass is 10.1. The molecule has 0 aliphatic carbocycles. The average molecular weight is 164 g/mol. The van der Waals surface area contributed by atoms with Crippen LogP contribution in [0.25, 0.3) is 0 Å². The van der Waals surface area contributed by atoms with Crippen molar-refractivity contribution in [3.63, 3.8) is 0 Å². The zero-order valence-electron chi connectivity index (χ0n) is 7.07. The zero-order chi connectivity index (χ0) is 8.55. The molecule has 0 spiro atoms. The van der Waals surface area contributed by atoms with E-state index in [-0.39, 0.29) is 0 Å². The minimum absolute atomic E-state index is 0.577. The molecule has 1 unspecified atom stereocenters. The Morgan fingerprint density at radius 2 is 2.17 bits per heavy atom. The molecule has 0 saturated carbocycles. The second-order valence-electron chi connectivity index (χ2n) is 3.15. The van der Waals surface area contributed by atoms with Gasteiger partial charge in [-0.05, 0) is 13.3 Å². The maximum Gasteiger partial charge on any atom is 0.225 e. The standard InChI is InChI=1S/C8H12N4/c1-6-2-3-12(6)8-10-4-7(9)5-11-8/h4-6H,2-3,9H2,1H3. The van der Waals surface area contributed by atoms with Crippen molar-refractivity contribution in [3.05, 3.63) is 12.4 Å². The van der Waals surface area contributed by atoms with E-state index in [1.807, 2.05) is 0 Å². The predicted octanol–water partition coefficient (Wildman–Crippen LogP) is 0.657. The molecule has 1 atom stereocenters. The topological polar surface area (TPSA) is 55.0 Å². The number of rotatable bonds is 1. The van der Waals surface area contributed by atoms with Gasteiger partial charge in [-0.2, -0.15) is 0 Å². The minimum atomic E-state index is 0.577. The van der Waals surface area contributed by atoms with Crippen molar-refractivity contribution in [2.24, 2.45) is 0 Å². The van der Waals surface area contributed by atoms with E-state index in [1.54, 1.807) is 12.4 Å². The first-order valence-corrected chi connectivity index (χ1v) is 4.11. The van der Waals surface area contributed by atoms with Gasteiger partial charge in [-0.15, -0.1) is 0 Å². The van der Waals surface area contributed by atoms with Gasteiger partial charge in [0.2, 0.25) is 5.95 Å². The highest BCUT2D eigenvalue weighted by Gasteiger charge is 2.25. The first-order valence-electron chi connectivity index (χ1n) is 4.11. The van der Waals surface area contributed by atoms with Gasteiger partial charge in [0, 0.05) is 12.6 Å². The van der Waals surface area contributed by atoms with E-state index in [0.717, 1.165) is 12.5 Å². The SMILES string of the molecule is CC1CCN1c1ncc(N)cn1. The van der Waals surface area contributed by atoms with Crippen LogP contribution in [0.5, 0.6) is 0 Å². The summed E-state index contributed by atoms with van der Waals surface area (Å²) in [6.45, 7) is 3.23. The molecule has 2 rings (SSSR count). The summed E-state index contributed by atoms with van der Waals surface area (Å²) in [7, 11) is 0. The van der Waals surface area contributed by atoms with Crippen molar-refractivity contribution in [1.82, 2.24) is 9.97 Å². The molecule has 2 N–H and O–H groups in total. The van der Waals surface area contributed by atoms with Crippen LogP contribution in [0.15, 0.2) is 12.4 Å². The number of hydrogen-bond donors (Lipinski definition) is 1. The van der Waals surface area contributed by atoms with Crippen LogP contribution in [0.2, 0.25) is 0 Å². The molecular formula is C8H12N4. The van der Waals surface area contributed by atoms with Crippen LogP contribution in [0.1, 0.15) is 13.3 Å². The Bertz CT molecular complexity index is 269. The number of hydrogen-bond acceptors (Lipinski definition) is 4. The van der Waals surface area contributed by atoms with E-state index >= 15 is 0 Å². The molecule has 1 aromatic heterocycles. The monoisotopic (exact) mass is 164 g/mol. The van der Waals surface area contributed by atoms with E-state index < -0.39 is 0 Å². The van der Waals surface area contributed by atoms with E-state index in [1.165, 1.54) is 6.42 Å². The van der Waals surface area contributed by atoms with Crippen molar-refractivity contribution < 1.29 is 0 Å². The van der Waals surface area contributed by atoms with Crippen LogP contribution in [0.3, 0.4) is 0 Å². The van der Waals surface area contributed by atoms with Gasteiger partial charge >= 0.3 is 0 Å². The van der Waals surface area contributed by atoms with Gasteiger partial charge in [-0.1, -0.05) is 0 Å². The first kappa shape index (κ1) is 7.34. The molecule has 1 saturated heterocycles. The second-order valence-corrected chi connectivity index (χ2v) is 3.15. The number of aromatic nitrogens is 2. The van der Waals surface area contributed by atoms with Crippen molar-refractivity contribution in [3.8, 4) is 0 Å². The van der Waals surface area contributed by atoms with E-state index in [2.05, 4.69) is 21.8 Å². The highest BCUT2D eigenvalue weighted by atomic mass is 15.3. The van der Waals surface area contributed by atoms with Gasteiger partial charge in [0.15, 0.2) is 0 Å². The summed E-state index contributed by atoms with van der Waals surface area (Å²) in [6, 6.07) is 0.577. The molecule has 1 aromatic rings. The fourth-order valence-corrected chi connectivity index (χ4v) is 1.29. The fraction of sp³-hybridized carbons (Fsp3) is 0.500. The van der Waals surface area contributed by atoms with Crippen molar-refractivity contribution in [2.45, 2.75) is 19.4 Å². The molecule has 4 nitrogen and oxygen atoms in total. The number of nitrogen functional groups attached to an aromatic ring is 1. The van der Waals surface area contributed by atoms with Gasteiger partial charge in [0.1, 0.15) is 0 Å². The lowest BCUT2D eigenvalue weighted by Gasteiger charge is -2.38. The van der Waals surface area contributed by atoms with Gasteiger partial charge < -0.3 is 10.6 Å². The molecule has 1 fully saturated rings. The molecule has 0 amide bonds. The average Bonchev–Trinajstić information content (AvgIpc) is 2.06. The zero-order valence-corrected chi connectivity index (χ0v) is 7.07. The van der Waals surface area contributed by atoms with E-state index in [9.17, 15) is 0 Å². The molecular weight excluding hydrogens is 152 g/mol. The van der Waals surface area contributed by atoms with E-state index in [4.69, 9.17) is 5.73 Å². The van der Waals surface area contributed by atoms with Crippen LogP contribution in [-0.4, -0.2) is 22.6 Å². The lowest BCUT2D eigenvalue weighted by molar-refractivity contribution is 0.470. The maximum atomic E-state index is 5.48. The summed E-state index contributed by atoms with van der Waals surface area (Å²) in [4.78, 5) is 10.4. The summed E-state index contributed by atoms with van der Waals surface area (Å²) < 4.78 is 0. The molecule has 2 heterocycles. The van der Waals surface area contributed by atoms with Crippen molar-refractivity contribution in [1.29, 1.82) is 0 Å². The van der Waals surface area contributed by atoms with Gasteiger partial charge in [0.05, 0.1) is 18.1 Å². The fourth-order valence-electron chi connectivity index (χ4n) is 1.29. The highest BCUT2D eigenvalue weighted by molar-refractivity contribution is 5.40. The van der Waals surface area contributed by atoms with Crippen LogP contribution in [0, 0.1) is 0 Å². The Morgan fingerprint density at radius 3 is 2.58 bits per heavy atom. The third-order valence-electron chi connectivity index (χ3n) is 2.23. The molecule has 12 heavy (non-hydrogen) atoms. The molecule has 0 radical (unpaired) electrons. The Balaban J connectivity index is 2.18. The Labute approximate surface area is 71.4 Å². The summed E-state index contributed by atoms with van der Waals surface area (Å²) in [5.41, 5.74) is 6.09. The maximum absolute atomic E-state index is 5.48. The Hall–Kier alpha value is -1.32. The van der Waals surface area contributed by atoms with Crippen LogP contribution in [-0.2, 0) is 0 Å². The quantitative estimate of drug-likeness (QED) is 0.662. The summed E-state index contributed by atoms with van der Waals surface area (Å²) >= 11 is 0. The first-order chi connectivity index (χ1) is 5.77. The Morgan fingerprint density at radius 1 is 1.50 bits per heavy atom. The molecule has 1 aliphatic heterocycles. The highest BCUT2D eigenvalue weighted by Crippen LogP contribution is 2.21. The molecule has 1 aliphatic rings. The summed E-state index contributed by atoms with van der Waals surface area (Å²) in [5.74, 6) is 0.794. The lowest BCUT2D eigenvalue weighted by Crippen LogP contribution is -2.46. The van der Waals surface area contributed by atoms with Crippen LogP contribution >= 0.6 is 0 Å². The number of nitrogens with zero attached hydrogens (tertiary/aromatic N) is 3. The summed E-state index contributed by atoms with van der Waals surface area (Å²) in [6.07, 6.45) is 4.52. The third kappa shape index (κ3) is 1.09. The van der Waals surface area contributed by atoms with Crippen molar-refractivity contribution >= 4 is 11.6 Å². The van der Waals surface area contributed by atoms with Crippen LogP contribution in [0.4, 0.5) is 11.6 Å². The predicted molar refractivity (Wildman–Crippen MR) is 47.9 cm³/mol. The van der Waals surface area contributed by atoms with E-state index in [0.29, 0.717) is 11.7 Å². The Kier molecular flexibility index (Phi) is 1.60. The van der Waals surface area contributed by atoms with Crippen molar-refractivity contribution in [2.75, 3.05) is 17.2 Å². The number of anilines is 2. The normalized spacial score (nSPS) is 22.1. The molecule has 0 aromatic carbocycles. The smallest absolute Gasteiger partial charge is 0.225 e. The molecule has 64 valence electrons. The minimum Gasteiger partial charge on any atom is -0.396 e.